The molecule has 1 rings (SSSR count). The van der Waals surface area contributed by atoms with Crippen LogP contribution in [-0.4, -0.2) is 34.6 Å². The van der Waals surface area contributed by atoms with Crippen molar-refractivity contribution in [3.05, 3.63) is 0 Å². The van der Waals surface area contributed by atoms with E-state index in [1.54, 1.807) is 0 Å². The lowest BCUT2D eigenvalue weighted by Gasteiger charge is -2.36. The fourth-order valence-corrected chi connectivity index (χ4v) is 6.05. The van der Waals surface area contributed by atoms with E-state index in [2.05, 4.69) is 49.6 Å². The van der Waals surface area contributed by atoms with Crippen LogP contribution < -0.4 is 5.32 Å². The molecule has 1 nitrogen and oxygen atoms in total. The standard InChI is InChI=1S/C15H31NS2/c1-4-7-8-9-10-13(16-6-3)15-14(5-2)17-11-12-18-15/h13-16H,4-12H2,1-3H3. The van der Waals surface area contributed by atoms with E-state index in [4.69, 9.17) is 0 Å². The third-order valence-electron chi connectivity index (χ3n) is 3.73. The summed E-state index contributed by atoms with van der Waals surface area (Å²) in [4.78, 5) is 0. The lowest BCUT2D eigenvalue weighted by Crippen LogP contribution is -2.45. The summed E-state index contributed by atoms with van der Waals surface area (Å²) in [5.41, 5.74) is 0. The first kappa shape index (κ1) is 16.7. The van der Waals surface area contributed by atoms with Crippen molar-refractivity contribution in [2.75, 3.05) is 18.1 Å². The molecule has 0 saturated carbocycles. The lowest BCUT2D eigenvalue weighted by atomic mass is 10.0. The van der Waals surface area contributed by atoms with Crippen LogP contribution in [0.2, 0.25) is 0 Å². The summed E-state index contributed by atoms with van der Waals surface area (Å²) in [6.45, 7) is 8.02. The molecule has 1 heterocycles. The molecule has 0 bridgehead atoms. The van der Waals surface area contributed by atoms with E-state index in [1.165, 1.54) is 50.0 Å². The Hall–Kier alpha value is 0.660. The van der Waals surface area contributed by atoms with Gasteiger partial charge in [0.15, 0.2) is 0 Å². The van der Waals surface area contributed by atoms with E-state index in [9.17, 15) is 0 Å². The molecule has 1 fully saturated rings. The van der Waals surface area contributed by atoms with Crippen LogP contribution >= 0.6 is 23.5 Å². The van der Waals surface area contributed by atoms with Crippen LogP contribution in [0.4, 0.5) is 0 Å². The molecule has 0 aromatic heterocycles. The fourth-order valence-electron chi connectivity index (χ4n) is 2.75. The van der Waals surface area contributed by atoms with Crippen LogP contribution in [0, 0.1) is 0 Å². The number of hydrogen-bond acceptors (Lipinski definition) is 3. The Bertz CT molecular complexity index is 199. The highest BCUT2D eigenvalue weighted by molar-refractivity contribution is 8.07. The van der Waals surface area contributed by atoms with E-state index < -0.39 is 0 Å². The molecular formula is C15H31NS2. The van der Waals surface area contributed by atoms with Crippen molar-refractivity contribution in [2.45, 2.75) is 75.8 Å². The summed E-state index contributed by atoms with van der Waals surface area (Å²) >= 11 is 4.43. The monoisotopic (exact) mass is 289 g/mol. The maximum atomic E-state index is 3.76. The van der Waals surface area contributed by atoms with Gasteiger partial charge in [-0.2, -0.15) is 23.5 Å². The summed E-state index contributed by atoms with van der Waals surface area (Å²) in [6.07, 6.45) is 8.28. The zero-order valence-corrected chi connectivity index (χ0v) is 14.0. The van der Waals surface area contributed by atoms with Crippen molar-refractivity contribution >= 4 is 23.5 Å². The smallest absolute Gasteiger partial charge is 0.0320 e. The summed E-state index contributed by atoms with van der Waals surface area (Å²) in [6, 6.07) is 0.745. The Morgan fingerprint density at radius 2 is 1.83 bits per heavy atom. The maximum absolute atomic E-state index is 3.76. The van der Waals surface area contributed by atoms with Gasteiger partial charge in [0.25, 0.3) is 0 Å². The molecule has 18 heavy (non-hydrogen) atoms. The molecular weight excluding hydrogens is 258 g/mol. The zero-order chi connectivity index (χ0) is 13.2. The number of thioether (sulfide) groups is 2. The molecule has 0 aliphatic carbocycles. The van der Waals surface area contributed by atoms with Gasteiger partial charge in [0.1, 0.15) is 0 Å². The molecule has 0 aromatic carbocycles. The highest BCUT2D eigenvalue weighted by Gasteiger charge is 2.31. The van der Waals surface area contributed by atoms with Gasteiger partial charge < -0.3 is 5.32 Å². The van der Waals surface area contributed by atoms with Gasteiger partial charge in [0.2, 0.25) is 0 Å². The van der Waals surface area contributed by atoms with E-state index in [0.717, 1.165) is 23.1 Å². The van der Waals surface area contributed by atoms with Crippen molar-refractivity contribution in [3.8, 4) is 0 Å². The average Bonchev–Trinajstić information content (AvgIpc) is 2.42. The number of rotatable bonds is 9. The molecule has 108 valence electrons. The molecule has 1 N–H and O–H groups in total. The minimum atomic E-state index is 0.745. The molecule has 0 aromatic rings. The fraction of sp³-hybridized carbons (Fsp3) is 1.00. The van der Waals surface area contributed by atoms with E-state index in [1.807, 2.05) is 0 Å². The van der Waals surface area contributed by atoms with Gasteiger partial charge in [-0.25, -0.2) is 0 Å². The van der Waals surface area contributed by atoms with Crippen molar-refractivity contribution < 1.29 is 0 Å². The number of unbranched alkanes of at least 4 members (excludes halogenated alkanes) is 3. The van der Waals surface area contributed by atoms with Gasteiger partial charge in [-0.3, -0.25) is 0 Å². The second-order valence-electron chi connectivity index (χ2n) is 5.17. The predicted molar refractivity (Wildman–Crippen MR) is 89.0 cm³/mol. The Balaban J connectivity index is 2.42. The van der Waals surface area contributed by atoms with Crippen molar-refractivity contribution in [2.24, 2.45) is 0 Å². The van der Waals surface area contributed by atoms with Gasteiger partial charge in [0, 0.05) is 28.0 Å². The third kappa shape index (κ3) is 5.75. The summed E-state index contributed by atoms with van der Waals surface area (Å²) < 4.78 is 0. The Kier molecular flexibility index (Phi) is 9.70. The van der Waals surface area contributed by atoms with Crippen molar-refractivity contribution in [3.63, 3.8) is 0 Å². The second-order valence-corrected chi connectivity index (χ2v) is 7.80. The van der Waals surface area contributed by atoms with E-state index in [-0.39, 0.29) is 0 Å². The molecule has 3 atom stereocenters. The number of hydrogen-bond donors (Lipinski definition) is 1. The number of nitrogens with one attached hydrogen (secondary N) is 1. The minimum Gasteiger partial charge on any atom is -0.313 e. The highest BCUT2D eigenvalue weighted by atomic mass is 32.2. The lowest BCUT2D eigenvalue weighted by molar-refractivity contribution is 0.442. The van der Waals surface area contributed by atoms with Gasteiger partial charge >= 0.3 is 0 Å². The Morgan fingerprint density at radius 1 is 1.06 bits per heavy atom. The summed E-state index contributed by atoms with van der Waals surface area (Å²) in [5, 5.41) is 5.48. The first-order chi connectivity index (χ1) is 8.83. The maximum Gasteiger partial charge on any atom is 0.0320 e. The van der Waals surface area contributed by atoms with Crippen LogP contribution in [0.25, 0.3) is 0 Å². The third-order valence-corrected chi connectivity index (χ3v) is 7.13. The van der Waals surface area contributed by atoms with Crippen LogP contribution in [0.3, 0.4) is 0 Å². The normalized spacial score (nSPS) is 26.2. The molecule has 3 unspecified atom stereocenters. The van der Waals surface area contributed by atoms with Crippen LogP contribution in [0.5, 0.6) is 0 Å². The van der Waals surface area contributed by atoms with Crippen molar-refractivity contribution in [1.82, 2.24) is 5.32 Å². The molecule has 1 aliphatic rings. The van der Waals surface area contributed by atoms with Crippen molar-refractivity contribution in [1.29, 1.82) is 0 Å². The largest absolute Gasteiger partial charge is 0.313 e. The Labute approximate surface area is 123 Å². The second kappa shape index (κ2) is 10.4. The molecule has 0 spiro atoms. The molecule has 0 radical (unpaired) electrons. The molecule has 1 saturated heterocycles. The predicted octanol–water partition coefficient (Wildman–Crippen LogP) is 4.56. The van der Waals surface area contributed by atoms with Crippen LogP contribution in [-0.2, 0) is 0 Å². The quantitative estimate of drug-likeness (QED) is 0.625. The average molecular weight is 290 g/mol. The van der Waals surface area contributed by atoms with Gasteiger partial charge in [-0.1, -0.05) is 46.5 Å². The Morgan fingerprint density at radius 3 is 2.50 bits per heavy atom. The first-order valence-electron chi connectivity index (χ1n) is 7.80. The highest BCUT2D eigenvalue weighted by Crippen LogP contribution is 2.36. The minimum absolute atomic E-state index is 0.745. The van der Waals surface area contributed by atoms with Gasteiger partial charge in [-0.05, 0) is 19.4 Å². The zero-order valence-electron chi connectivity index (χ0n) is 12.4. The van der Waals surface area contributed by atoms with Crippen LogP contribution in [0.1, 0.15) is 59.3 Å². The molecule has 0 amide bonds. The summed E-state index contributed by atoms with van der Waals surface area (Å²) in [5.74, 6) is 2.71. The molecule has 1 aliphatic heterocycles. The van der Waals surface area contributed by atoms with Gasteiger partial charge in [-0.15, -0.1) is 0 Å². The first-order valence-corrected chi connectivity index (χ1v) is 9.89. The SMILES string of the molecule is CCCCCCC(NCC)C1SCCSC1CC. The van der Waals surface area contributed by atoms with E-state index in [0.29, 0.717) is 0 Å². The van der Waals surface area contributed by atoms with Crippen LogP contribution in [0.15, 0.2) is 0 Å². The summed E-state index contributed by atoms with van der Waals surface area (Å²) in [7, 11) is 0. The molecule has 3 heteroatoms. The van der Waals surface area contributed by atoms with Gasteiger partial charge in [0.05, 0.1) is 0 Å². The topological polar surface area (TPSA) is 12.0 Å². The van der Waals surface area contributed by atoms with E-state index >= 15 is 0 Å².